The topological polar surface area (TPSA) is 80.5 Å². The Kier molecular flexibility index (Phi) is 7.72. The summed E-state index contributed by atoms with van der Waals surface area (Å²) in [5.41, 5.74) is 5.18. The van der Waals surface area contributed by atoms with E-state index in [1.54, 1.807) is 42.1 Å². The summed E-state index contributed by atoms with van der Waals surface area (Å²) in [7, 11) is 3.43. The Labute approximate surface area is 239 Å². The molecule has 2 aromatic heterocycles. The summed E-state index contributed by atoms with van der Waals surface area (Å²) < 4.78 is 38.4. The fourth-order valence-corrected chi connectivity index (χ4v) is 6.72. The minimum absolute atomic E-state index is 0.00225. The van der Waals surface area contributed by atoms with Crippen LogP contribution < -0.4 is 10.2 Å². The summed E-state index contributed by atoms with van der Waals surface area (Å²) in [6, 6.07) is 3.44. The number of hydrogen-bond acceptors (Lipinski definition) is 5. The van der Waals surface area contributed by atoms with Crippen molar-refractivity contribution in [1.82, 2.24) is 29.8 Å². The van der Waals surface area contributed by atoms with Crippen molar-refractivity contribution in [2.24, 2.45) is 13.0 Å². The number of aryl methyl sites for hydroxylation is 3. The van der Waals surface area contributed by atoms with Gasteiger partial charge in [-0.05, 0) is 68.2 Å². The molecule has 220 valence electrons. The van der Waals surface area contributed by atoms with Crippen LogP contribution in [0.3, 0.4) is 0 Å². The highest BCUT2D eigenvalue weighted by Gasteiger charge is 2.33. The van der Waals surface area contributed by atoms with Crippen LogP contribution in [0, 0.1) is 5.92 Å². The first kappa shape index (κ1) is 27.7. The monoisotopic (exact) mass is 567 g/mol. The Morgan fingerprint density at radius 1 is 1.24 bits per heavy atom. The van der Waals surface area contributed by atoms with Gasteiger partial charge in [0.15, 0.2) is 5.82 Å². The second kappa shape index (κ2) is 11.4. The average Bonchev–Trinajstić information content (AvgIpc) is 3.57. The zero-order valence-electron chi connectivity index (χ0n) is 24.1. The lowest BCUT2D eigenvalue weighted by atomic mass is 9.92. The van der Waals surface area contributed by atoms with Crippen LogP contribution in [-0.4, -0.2) is 63.3 Å². The van der Waals surface area contributed by atoms with Crippen LogP contribution in [0.25, 0.3) is 11.1 Å². The molecule has 2 atom stereocenters. The Balaban J connectivity index is 1.38. The molecule has 0 bridgehead atoms. The summed E-state index contributed by atoms with van der Waals surface area (Å²) in [5.74, 6) is 1.37. The Morgan fingerprint density at radius 2 is 2.10 bits per heavy atom. The van der Waals surface area contributed by atoms with Gasteiger partial charge in [-0.1, -0.05) is 0 Å². The zero-order valence-corrected chi connectivity index (χ0v) is 24.1. The molecule has 1 unspecified atom stereocenters. The molecule has 3 aromatic rings. The van der Waals surface area contributed by atoms with Crippen molar-refractivity contribution in [1.29, 1.82) is 0 Å². The Hall–Kier alpha value is -3.47. The summed E-state index contributed by atoms with van der Waals surface area (Å²) in [4.78, 5) is 16.5. The molecule has 0 spiro atoms. The van der Waals surface area contributed by atoms with Crippen molar-refractivity contribution in [3.05, 3.63) is 46.9 Å². The van der Waals surface area contributed by atoms with Gasteiger partial charge in [0.25, 0.3) is 6.43 Å². The molecular formula is C30H39F2N7O2. The number of nitrogens with zero attached hydrogens (tertiary/aromatic N) is 6. The number of alkyl halides is 2. The van der Waals surface area contributed by atoms with E-state index in [4.69, 9.17) is 9.84 Å². The SMILES string of the molecule is CNC(=O)N1CCc2c(c(N3CCCc4cc(-c5cnn(C)c5)c(C(F)F)cc43)nn2CCC2CCO[C@@H](C)C2)C1. The number of halogens is 2. The number of urea groups is 1. The fourth-order valence-electron chi connectivity index (χ4n) is 6.72. The number of fused-ring (bicyclic) bond motifs is 2. The maximum atomic E-state index is 14.5. The molecule has 3 aliphatic rings. The molecule has 41 heavy (non-hydrogen) atoms. The third-order valence-corrected chi connectivity index (χ3v) is 8.83. The summed E-state index contributed by atoms with van der Waals surface area (Å²) in [6.07, 6.45) is 6.59. The van der Waals surface area contributed by atoms with Crippen molar-refractivity contribution in [3.63, 3.8) is 0 Å². The summed E-state index contributed by atoms with van der Waals surface area (Å²) in [6.45, 7) is 5.47. The van der Waals surface area contributed by atoms with Crippen LogP contribution in [0.1, 0.15) is 61.4 Å². The smallest absolute Gasteiger partial charge is 0.317 e. The third kappa shape index (κ3) is 5.43. The van der Waals surface area contributed by atoms with E-state index in [0.29, 0.717) is 43.1 Å². The molecule has 1 aromatic carbocycles. The van der Waals surface area contributed by atoms with E-state index in [9.17, 15) is 13.6 Å². The Bertz CT molecular complexity index is 1420. The van der Waals surface area contributed by atoms with E-state index in [1.807, 2.05) is 6.07 Å². The van der Waals surface area contributed by atoms with Crippen LogP contribution in [0.5, 0.6) is 0 Å². The van der Waals surface area contributed by atoms with Gasteiger partial charge in [-0.25, -0.2) is 13.6 Å². The highest BCUT2D eigenvalue weighted by Crippen LogP contribution is 2.43. The lowest BCUT2D eigenvalue weighted by Crippen LogP contribution is -2.41. The summed E-state index contributed by atoms with van der Waals surface area (Å²) in [5, 5.41) is 12.1. The molecule has 2 amide bonds. The van der Waals surface area contributed by atoms with Gasteiger partial charge in [-0.15, -0.1) is 0 Å². The number of carbonyl (C=O) groups excluding carboxylic acids is 1. The van der Waals surface area contributed by atoms with Crippen molar-refractivity contribution < 1.29 is 18.3 Å². The van der Waals surface area contributed by atoms with Gasteiger partial charge >= 0.3 is 6.03 Å². The van der Waals surface area contributed by atoms with Crippen LogP contribution in [-0.2, 0) is 37.7 Å². The van der Waals surface area contributed by atoms with Crippen LogP contribution in [0.4, 0.5) is 25.1 Å². The van der Waals surface area contributed by atoms with Crippen molar-refractivity contribution in [3.8, 4) is 11.1 Å². The van der Waals surface area contributed by atoms with Crippen molar-refractivity contribution >= 4 is 17.5 Å². The predicted octanol–water partition coefficient (Wildman–Crippen LogP) is 5.21. The number of rotatable bonds is 6. The minimum Gasteiger partial charge on any atom is -0.378 e. The zero-order chi connectivity index (χ0) is 28.7. The maximum Gasteiger partial charge on any atom is 0.317 e. The van der Waals surface area contributed by atoms with Gasteiger partial charge in [0.2, 0.25) is 0 Å². The number of nitrogens with one attached hydrogen (secondary N) is 1. The van der Waals surface area contributed by atoms with Crippen molar-refractivity contribution in [2.75, 3.05) is 31.6 Å². The molecule has 9 nitrogen and oxygen atoms in total. The van der Waals surface area contributed by atoms with Crippen LogP contribution in [0.15, 0.2) is 24.5 Å². The lowest BCUT2D eigenvalue weighted by Gasteiger charge is -2.33. The van der Waals surface area contributed by atoms with E-state index in [1.165, 1.54) is 0 Å². The molecule has 3 aliphatic heterocycles. The van der Waals surface area contributed by atoms with Gasteiger partial charge in [-0.3, -0.25) is 9.36 Å². The first-order chi connectivity index (χ1) is 19.8. The average molecular weight is 568 g/mol. The third-order valence-electron chi connectivity index (χ3n) is 8.83. The van der Waals surface area contributed by atoms with Crippen LogP contribution >= 0.6 is 0 Å². The van der Waals surface area contributed by atoms with Gasteiger partial charge in [0.05, 0.1) is 18.8 Å². The number of ether oxygens (including phenoxy) is 1. The fraction of sp³-hybridized carbons (Fsp3) is 0.567. The number of anilines is 2. The van der Waals surface area contributed by atoms with Crippen LogP contribution in [0.2, 0.25) is 0 Å². The van der Waals surface area contributed by atoms with Crippen molar-refractivity contribution in [2.45, 2.75) is 71.1 Å². The number of benzene rings is 1. The number of hydrogen-bond donors (Lipinski definition) is 1. The summed E-state index contributed by atoms with van der Waals surface area (Å²) >= 11 is 0. The molecule has 1 N–H and O–H groups in total. The standard InChI is InChI=1S/C30H39F2N7O2/c1-19-13-20(8-12-41-19)6-11-39-26-7-10-37(30(40)33-2)18-25(26)29(35-39)38-9-4-5-21-14-23(22-16-34-36(3)17-22)24(28(31)32)15-27(21)38/h14-17,19-20,28H,4-13,18H2,1-3H3,(H,33,40)/t19-,20?/m0/s1. The highest BCUT2D eigenvalue weighted by atomic mass is 19.3. The molecule has 11 heteroatoms. The first-order valence-electron chi connectivity index (χ1n) is 14.7. The molecule has 0 radical (unpaired) electrons. The molecular weight excluding hydrogens is 528 g/mol. The van der Waals surface area contributed by atoms with E-state index in [2.05, 4.69) is 26.9 Å². The van der Waals surface area contributed by atoms with E-state index in [0.717, 1.165) is 73.6 Å². The van der Waals surface area contributed by atoms with E-state index >= 15 is 0 Å². The molecule has 0 aliphatic carbocycles. The normalized spacial score (nSPS) is 20.7. The highest BCUT2D eigenvalue weighted by molar-refractivity contribution is 5.78. The maximum absolute atomic E-state index is 14.5. The molecule has 5 heterocycles. The molecule has 1 saturated heterocycles. The molecule has 0 saturated carbocycles. The van der Waals surface area contributed by atoms with Gasteiger partial charge in [-0.2, -0.15) is 10.2 Å². The first-order valence-corrected chi connectivity index (χ1v) is 14.7. The van der Waals surface area contributed by atoms with Gasteiger partial charge in [0, 0.05) is 81.0 Å². The second-order valence-electron chi connectivity index (χ2n) is 11.6. The number of amides is 2. The number of aromatic nitrogens is 4. The molecule has 6 rings (SSSR count). The predicted molar refractivity (Wildman–Crippen MR) is 152 cm³/mol. The molecule has 1 fully saturated rings. The lowest BCUT2D eigenvalue weighted by molar-refractivity contribution is -0.000226. The number of carbonyl (C=O) groups is 1. The Morgan fingerprint density at radius 3 is 2.83 bits per heavy atom. The van der Waals surface area contributed by atoms with E-state index < -0.39 is 6.43 Å². The van der Waals surface area contributed by atoms with E-state index in [-0.39, 0.29) is 17.7 Å². The minimum atomic E-state index is -2.63. The second-order valence-corrected chi connectivity index (χ2v) is 11.6. The quantitative estimate of drug-likeness (QED) is 0.443. The largest absolute Gasteiger partial charge is 0.378 e. The van der Waals surface area contributed by atoms with Gasteiger partial charge < -0.3 is 19.9 Å². The van der Waals surface area contributed by atoms with Gasteiger partial charge in [0.1, 0.15) is 0 Å².